The van der Waals surface area contributed by atoms with Crippen LogP contribution in [0.15, 0.2) is 0 Å². The first-order valence-electron chi connectivity index (χ1n) is 31.3. The lowest BCUT2D eigenvalue weighted by molar-refractivity contribution is -0.164. The van der Waals surface area contributed by atoms with Crippen LogP contribution in [0.3, 0.4) is 0 Å². The lowest BCUT2D eigenvalue weighted by Crippen LogP contribution is -2.64. The van der Waals surface area contributed by atoms with Gasteiger partial charge in [-0.3, -0.25) is 57.5 Å². The van der Waals surface area contributed by atoms with Crippen molar-refractivity contribution in [3.63, 3.8) is 0 Å². The van der Waals surface area contributed by atoms with E-state index >= 15 is 19.2 Å². The first-order valence-corrected chi connectivity index (χ1v) is 31.3. The fourth-order valence-electron chi connectivity index (χ4n) is 10.9. The van der Waals surface area contributed by atoms with E-state index in [1.807, 2.05) is 55.4 Å². The molecule has 1 saturated heterocycles. The first-order chi connectivity index (χ1) is 40.6. The van der Waals surface area contributed by atoms with Crippen LogP contribution in [0.5, 0.6) is 0 Å². The van der Waals surface area contributed by atoms with Crippen molar-refractivity contribution in [3.8, 4) is 0 Å². The van der Waals surface area contributed by atoms with Crippen molar-refractivity contribution in [2.75, 3.05) is 55.9 Å². The summed E-state index contributed by atoms with van der Waals surface area (Å²) in [5.41, 5.74) is 0. The van der Waals surface area contributed by atoms with E-state index in [9.17, 15) is 43.2 Å². The highest BCUT2D eigenvalue weighted by Gasteiger charge is 2.47. The Balaban J connectivity index is 4.43. The molecule has 1 heterocycles. The van der Waals surface area contributed by atoms with Gasteiger partial charge in [0, 0.05) is 68.6 Å². The number of esters is 1. The fourth-order valence-corrected chi connectivity index (χ4v) is 10.9. The monoisotopic (exact) mass is 1250 g/mol. The Hall–Kier alpha value is -6.69. The molecule has 0 radical (unpaired) electrons. The average Bonchev–Trinajstić information content (AvgIpc) is 2.71. The van der Waals surface area contributed by atoms with Crippen LogP contribution < -0.4 is 21.3 Å². The van der Waals surface area contributed by atoms with Crippen LogP contribution in [0.25, 0.3) is 0 Å². The number of hydrogen-bond donors (Lipinski definition) is 4. The number of nitrogens with zero attached hydrogens (tertiary/aromatic N) is 7. The number of nitrogens with one attached hydrogen (secondary N) is 4. The average molecular weight is 1250 g/mol. The maximum Gasteiger partial charge on any atom is 0.303 e. The molecule has 11 amide bonds. The van der Waals surface area contributed by atoms with E-state index in [1.165, 1.54) is 87.7 Å². The highest BCUT2D eigenvalue weighted by atomic mass is 16.5. The summed E-state index contributed by atoms with van der Waals surface area (Å²) in [6.07, 6.45) is -0.232. The second kappa shape index (κ2) is 36.1. The molecular formula is C63H111N11O14. The van der Waals surface area contributed by atoms with Crippen molar-refractivity contribution in [1.82, 2.24) is 55.6 Å². The Labute approximate surface area is 524 Å². The molecule has 88 heavy (non-hydrogen) atoms. The molecule has 0 aromatic heterocycles. The van der Waals surface area contributed by atoms with Crippen LogP contribution in [0.2, 0.25) is 0 Å². The SMILES string of the molecule is CC[C@H]1NC(=O)[C@H]([C@H](OC(C)=O)[C@H](C)CC=O)N(C)C(=O)[C@@H](C(C)C)N(C)C(=O)[C@@H](CCC(C)C)N(C)C(=O)[C@@H](CC(C)C)N(C)C(=O)[C@H](C)NC(=O)[C@@H](C)NC(=O)[C@@H](CC(C)C)N(C)C(=O)[C@@H](C(C)C)NC(=O)[C@H](CC(C)C)N(C)C(=O)CN(C)C1=O. The van der Waals surface area contributed by atoms with E-state index in [0.29, 0.717) is 12.7 Å². The van der Waals surface area contributed by atoms with Gasteiger partial charge in [0.25, 0.3) is 0 Å². The van der Waals surface area contributed by atoms with Crippen molar-refractivity contribution in [2.24, 2.45) is 41.4 Å². The van der Waals surface area contributed by atoms with Crippen LogP contribution in [-0.4, -0.2) is 234 Å². The third kappa shape index (κ3) is 22.4. The highest BCUT2D eigenvalue weighted by Crippen LogP contribution is 2.26. The number of amides is 11. The van der Waals surface area contributed by atoms with E-state index in [0.717, 1.165) is 16.7 Å². The first kappa shape index (κ1) is 79.3. The van der Waals surface area contributed by atoms with Gasteiger partial charge >= 0.3 is 5.97 Å². The summed E-state index contributed by atoms with van der Waals surface area (Å²) >= 11 is 0. The van der Waals surface area contributed by atoms with E-state index in [4.69, 9.17) is 4.74 Å². The second-order valence-electron chi connectivity index (χ2n) is 26.6. The summed E-state index contributed by atoms with van der Waals surface area (Å²) in [5.74, 6) is -11.3. The maximum absolute atomic E-state index is 15.3. The Morgan fingerprint density at radius 3 is 1.42 bits per heavy atom. The summed E-state index contributed by atoms with van der Waals surface area (Å²) in [6.45, 7) is 28.3. The molecule has 1 aliphatic heterocycles. The van der Waals surface area contributed by atoms with Gasteiger partial charge < -0.3 is 65.1 Å². The Morgan fingerprint density at radius 2 is 0.955 bits per heavy atom. The maximum atomic E-state index is 15.3. The quantitative estimate of drug-likeness (QED) is 0.120. The van der Waals surface area contributed by atoms with Gasteiger partial charge in [0.2, 0.25) is 65.0 Å². The topological polar surface area (TPSA) is 302 Å². The van der Waals surface area contributed by atoms with Crippen LogP contribution in [0.1, 0.15) is 163 Å². The number of ether oxygens (including phenoxy) is 1. The zero-order valence-electron chi connectivity index (χ0n) is 57.5. The standard InChI is InChI=1S/C63H111N11O14/c1-25-44-59(83)68(18)33-49(77)69(19)46(30-35(4)5)56(80)67-50(38(10)11)62(86)71(21)47(31-36(6)7)55(79)64-41(15)54(78)65-42(16)58(82)72(22)48(32-37(8)9)61(85)70(20)45(27-26-34(2)3)60(84)73(23)51(39(12)13)63(87)74(24)52(57(81)66-44)53(88-43(17)76)40(14)28-29-75/h29,34-42,44-48,50-53H,25-28,30-33H2,1-24H3,(H,64,79)(H,65,78)(H,66,81)(H,67,80)/t40-,41-,42+,44-,45-,46+,47-,48-,50-,51-,52+,53-/m1/s1. The lowest BCUT2D eigenvalue weighted by Gasteiger charge is -2.42. The predicted molar refractivity (Wildman–Crippen MR) is 334 cm³/mol. The molecule has 0 bridgehead atoms. The Morgan fingerprint density at radius 1 is 0.500 bits per heavy atom. The summed E-state index contributed by atoms with van der Waals surface area (Å²) in [4.78, 5) is 194. The molecule has 0 aromatic rings. The molecule has 1 aliphatic rings. The molecule has 25 heteroatoms. The lowest BCUT2D eigenvalue weighted by atomic mass is 9.91. The van der Waals surface area contributed by atoms with Crippen molar-refractivity contribution in [3.05, 3.63) is 0 Å². The molecule has 0 aromatic carbocycles. The molecule has 0 spiro atoms. The van der Waals surface area contributed by atoms with E-state index < -0.39 is 162 Å². The summed E-state index contributed by atoms with van der Waals surface area (Å²) in [6, 6.07) is -12.8. The van der Waals surface area contributed by atoms with Gasteiger partial charge in [-0.2, -0.15) is 0 Å². The minimum Gasteiger partial charge on any atom is -0.459 e. The zero-order chi connectivity index (χ0) is 68.3. The van der Waals surface area contributed by atoms with Crippen LogP contribution in [0.4, 0.5) is 0 Å². The van der Waals surface area contributed by atoms with Gasteiger partial charge in [-0.1, -0.05) is 96.9 Å². The third-order valence-electron chi connectivity index (χ3n) is 16.4. The second-order valence-corrected chi connectivity index (χ2v) is 26.6. The largest absolute Gasteiger partial charge is 0.459 e. The van der Waals surface area contributed by atoms with Gasteiger partial charge in [0.05, 0.1) is 6.54 Å². The minimum absolute atomic E-state index is 0.0403. The van der Waals surface area contributed by atoms with Crippen LogP contribution >= 0.6 is 0 Å². The summed E-state index contributed by atoms with van der Waals surface area (Å²) in [7, 11) is 9.69. The van der Waals surface area contributed by atoms with Gasteiger partial charge in [0.15, 0.2) is 0 Å². The summed E-state index contributed by atoms with van der Waals surface area (Å²) < 4.78 is 5.77. The smallest absolute Gasteiger partial charge is 0.303 e. The Bertz CT molecular complexity index is 2430. The van der Waals surface area contributed by atoms with Crippen LogP contribution in [0, 0.1) is 41.4 Å². The zero-order valence-corrected chi connectivity index (χ0v) is 57.5. The molecular weight excluding hydrogens is 1130 g/mol. The van der Waals surface area contributed by atoms with Crippen molar-refractivity contribution in [2.45, 2.75) is 229 Å². The number of hydrogen-bond acceptors (Lipinski definition) is 14. The molecule has 0 saturated carbocycles. The number of carbonyl (C=O) groups is 13. The molecule has 502 valence electrons. The van der Waals surface area contributed by atoms with E-state index in [2.05, 4.69) is 21.3 Å². The number of likely N-dealkylation sites (N-methyl/N-ethyl adjacent to an activating group) is 7. The number of aldehydes is 1. The molecule has 1 fully saturated rings. The van der Waals surface area contributed by atoms with Crippen LogP contribution in [-0.2, 0) is 67.1 Å². The van der Waals surface area contributed by atoms with Gasteiger partial charge in [0.1, 0.15) is 72.8 Å². The number of rotatable bonds is 17. The van der Waals surface area contributed by atoms with Crippen molar-refractivity contribution < 1.29 is 67.1 Å². The number of carbonyl (C=O) groups excluding carboxylic acids is 13. The molecule has 0 unspecified atom stereocenters. The normalized spacial score (nSPS) is 26.2. The van der Waals surface area contributed by atoms with Crippen molar-refractivity contribution >= 4 is 77.2 Å². The molecule has 1 rings (SSSR count). The van der Waals surface area contributed by atoms with E-state index in [1.54, 1.807) is 41.5 Å². The minimum atomic E-state index is -1.73. The molecule has 12 atom stereocenters. The predicted octanol–water partition coefficient (Wildman–Crippen LogP) is 2.85. The van der Waals surface area contributed by atoms with Gasteiger partial charge in [-0.05, 0) is 87.9 Å². The molecule has 0 aliphatic carbocycles. The highest BCUT2D eigenvalue weighted by molar-refractivity contribution is 5.99. The molecule has 4 N–H and O–H groups in total. The third-order valence-corrected chi connectivity index (χ3v) is 16.4. The molecule has 25 nitrogen and oxygen atoms in total. The van der Waals surface area contributed by atoms with Crippen molar-refractivity contribution in [1.29, 1.82) is 0 Å². The summed E-state index contributed by atoms with van der Waals surface area (Å²) in [5, 5.41) is 10.9. The fraction of sp³-hybridized carbons (Fsp3) is 0.794. The van der Waals surface area contributed by atoms with E-state index in [-0.39, 0.29) is 62.2 Å². The Kier molecular flexibility index (Phi) is 32.5. The van der Waals surface area contributed by atoms with Gasteiger partial charge in [-0.15, -0.1) is 0 Å². The van der Waals surface area contributed by atoms with Gasteiger partial charge in [-0.25, -0.2) is 0 Å².